The van der Waals surface area contributed by atoms with Crippen molar-refractivity contribution in [1.29, 1.82) is 0 Å². The first-order chi connectivity index (χ1) is 29.9. The molecule has 1 aliphatic carbocycles. The summed E-state index contributed by atoms with van der Waals surface area (Å²) in [4.78, 5) is 52.7. The molecular formula is C48H60BrN5O8. The predicted molar refractivity (Wildman–Crippen MR) is 240 cm³/mol. The Bertz CT molecular complexity index is 2350. The van der Waals surface area contributed by atoms with Gasteiger partial charge in [0.25, 0.3) is 0 Å². The second-order valence-electron chi connectivity index (χ2n) is 18.3. The topological polar surface area (TPSA) is 146 Å². The summed E-state index contributed by atoms with van der Waals surface area (Å²) in [6.45, 7) is 9.54. The maximum atomic E-state index is 15.4. The van der Waals surface area contributed by atoms with Crippen LogP contribution in [0, 0.1) is 11.3 Å². The molecule has 14 heteroatoms. The number of aromatic amines is 1. The van der Waals surface area contributed by atoms with E-state index in [1.54, 1.807) is 7.11 Å². The average Bonchev–Trinajstić information content (AvgIpc) is 3.94. The van der Waals surface area contributed by atoms with Gasteiger partial charge in [-0.15, -0.1) is 0 Å². The minimum absolute atomic E-state index is 0.0273. The van der Waals surface area contributed by atoms with Crippen LogP contribution in [-0.4, -0.2) is 134 Å². The van der Waals surface area contributed by atoms with Crippen LogP contribution in [0.25, 0.3) is 10.9 Å². The molecule has 6 aliphatic rings. The van der Waals surface area contributed by atoms with Gasteiger partial charge in [0, 0.05) is 96.3 Å². The molecule has 1 saturated carbocycles. The molecule has 1 unspecified atom stereocenters. The Labute approximate surface area is 372 Å². The Morgan fingerprint density at radius 2 is 1.89 bits per heavy atom. The van der Waals surface area contributed by atoms with Gasteiger partial charge in [0.1, 0.15) is 29.5 Å². The van der Waals surface area contributed by atoms with Crippen LogP contribution in [-0.2, 0) is 41.1 Å². The molecule has 1 spiro atoms. The number of carbonyl (C=O) groups is 3. The van der Waals surface area contributed by atoms with Crippen molar-refractivity contribution in [2.75, 3.05) is 77.4 Å². The van der Waals surface area contributed by atoms with Crippen molar-refractivity contribution >= 4 is 50.6 Å². The van der Waals surface area contributed by atoms with Crippen LogP contribution in [0.5, 0.6) is 5.75 Å². The molecule has 2 bridgehead atoms. The van der Waals surface area contributed by atoms with Crippen molar-refractivity contribution in [2.45, 2.75) is 87.5 Å². The lowest BCUT2D eigenvalue weighted by Gasteiger charge is -2.64. The van der Waals surface area contributed by atoms with Crippen molar-refractivity contribution in [3.8, 4) is 5.75 Å². The number of para-hydroxylation sites is 1. The fraction of sp³-hybridized carbons (Fsp3) is 0.562. The molecule has 9 atom stereocenters. The monoisotopic (exact) mass is 913 g/mol. The first-order valence-corrected chi connectivity index (χ1v) is 23.3. The van der Waals surface area contributed by atoms with E-state index in [1.165, 1.54) is 19.6 Å². The standard InChI is InChI=1S/C48H60BrN5O8/c1-7-30-22-31-25-47(43(56)60-6,39-33(14-19-53(26-30)27-31)32-12-9-10-13-36(32)51-39)35-23-34-37(24-38(35)59-5)52(4)41-46(34)16-20-54-18-11-15-45(8-2,40(46)54)42(62-29(3)55)48(41,58)28-50-44(57)61-21-17-49/h9-13,15,22-24,31,40-42,51,58H,7-8,14,16-21,25-28H2,1-6H3,(H,50,57)/t31-,40-,41+,42+,45+,46+,47-,48-/m0/s1. The summed E-state index contributed by atoms with van der Waals surface area (Å²) >= 11 is 3.32. The average molecular weight is 915 g/mol. The Kier molecular flexibility index (Phi) is 11.1. The molecule has 13 nitrogen and oxygen atoms in total. The number of nitrogens with zero attached hydrogens (tertiary/aromatic N) is 3. The van der Waals surface area contributed by atoms with Gasteiger partial charge in [0.05, 0.1) is 26.8 Å². The number of halogens is 1. The van der Waals surface area contributed by atoms with E-state index in [0.29, 0.717) is 42.5 Å². The molecule has 0 radical (unpaired) electrons. The van der Waals surface area contributed by atoms with Crippen molar-refractivity contribution < 1.29 is 38.4 Å². The summed E-state index contributed by atoms with van der Waals surface area (Å²) in [5, 5.41) is 18.1. The highest BCUT2D eigenvalue weighted by atomic mass is 79.9. The number of carbonyl (C=O) groups excluding carboxylic acids is 3. The number of amides is 1. The minimum atomic E-state index is -1.82. The molecule has 332 valence electrons. The third-order valence-electron chi connectivity index (χ3n) is 15.5. The summed E-state index contributed by atoms with van der Waals surface area (Å²) < 4.78 is 24.2. The van der Waals surface area contributed by atoms with Gasteiger partial charge in [0.15, 0.2) is 0 Å². The van der Waals surface area contributed by atoms with Crippen LogP contribution in [0.15, 0.2) is 60.2 Å². The van der Waals surface area contributed by atoms with E-state index in [2.05, 4.69) is 97.3 Å². The zero-order chi connectivity index (χ0) is 43.8. The summed E-state index contributed by atoms with van der Waals surface area (Å²) in [6.07, 6.45) is 8.27. The number of esters is 2. The smallest absolute Gasteiger partial charge is 0.407 e. The van der Waals surface area contributed by atoms with Crippen molar-refractivity contribution in [3.63, 3.8) is 0 Å². The van der Waals surface area contributed by atoms with Gasteiger partial charge in [-0.3, -0.25) is 19.4 Å². The highest BCUT2D eigenvalue weighted by molar-refractivity contribution is 9.09. The Morgan fingerprint density at radius 3 is 2.61 bits per heavy atom. The molecule has 1 amide bonds. The molecular weight excluding hydrogens is 854 g/mol. The van der Waals surface area contributed by atoms with Crippen molar-refractivity contribution in [3.05, 3.63) is 82.6 Å². The second kappa shape index (κ2) is 16.0. The number of alkyl carbamates (subject to hydrolysis) is 1. The van der Waals surface area contributed by atoms with Gasteiger partial charge < -0.3 is 39.3 Å². The zero-order valence-electron chi connectivity index (χ0n) is 36.7. The van der Waals surface area contributed by atoms with E-state index >= 15 is 4.79 Å². The number of methoxy groups -OCH3 is 2. The van der Waals surface area contributed by atoms with Gasteiger partial charge in [0.2, 0.25) is 0 Å². The molecule has 2 fully saturated rings. The number of aliphatic hydroxyl groups is 1. The SMILES string of the molecule is CCC1=C[C@@H]2CN(CCc3c([nH]c4ccccc34)[C@@](C(=O)OC)(c3cc4c(cc3OC)N(C)[C@H]3[C@@](O)(CNC(=O)OCCBr)[C@H](OC(C)=O)[C@]5(CC)C=CCN6CC[C@]43[C@@H]65)C2)C1. The number of H-pyrrole nitrogens is 1. The van der Waals surface area contributed by atoms with Crippen LogP contribution in [0.3, 0.4) is 0 Å². The van der Waals surface area contributed by atoms with Gasteiger partial charge in [-0.2, -0.15) is 0 Å². The number of rotatable bonds is 10. The van der Waals surface area contributed by atoms with Crippen LogP contribution >= 0.6 is 15.9 Å². The first-order valence-electron chi connectivity index (χ1n) is 22.2. The number of anilines is 1. The van der Waals surface area contributed by atoms with Crippen LogP contribution in [0.4, 0.5) is 10.5 Å². The lowest BCUT2D eigenvalue weighted by Crippen LogP contribution is -2.81. The summed E-state index contributed by atoms with van der Waals surface area (Å²) in [5.74, 6) is -0.326. The summed E-state index contributed by atoms with van der Waals surface area (Å²) in [6, 6.07) is 11.6. The maximum absolute atomic E-state index is 15.4. The Hall–Kier alpha value is -4.37. The van der Waals surface area contributed by atoms with Gasteiger partial charge in [-0.05, 0) is 67.8 Å². The fourth-order valence-electron chi connectivity index (χ4n) is 13.4. The molecule has 9 rings (SSSR count). The number of fused-ring (bicyclic) bond motifs is 6. The number of benzene rings is 2. The molecule has 1 aromatic heterocycles. The number of hydrogen-bond acceptors (Lipinski definition) is 11. The Morgan fingerprint density at radius 1 is 1.08 bits per heavy atom. The van der Waals surface area contributed by atoms with Crippen LogP contribution in [0.1, 0.15) is 68.8 Å². The minimum Gasteiger partial charge on any atom is -0.496 e. The number of nitrogens with one attached hydrogen (secondary N) is 2. The largest absolute Gasteiger partial charge is 0.496 e. The number of ether oxygens (including phenoxy) is 4. The van der Waals surface area contributed by atoms with Gasteiger partial charge >= 0.3 is 18.0 Å². The quantitative estimate of drug-likeness (QED) is 0.0991. The van der Waals surface area contributed by atoms with Gasteiger partial charge in [-0.1, -0.05) is 71.8 Å². The molecule has 5 aliphatic heterocycles. The maximum Gasteiger partial charge on any atom is 0.407 e. The van der Waals surface area contributed by atoms with E-state index in [4.69, 9.17) is 18.9 Å². The second-order valence-corrected chi connectivity index (χ2v) is 19.1. The number of aromatic nitrogens is 1. The molecule has 6 heterocycles. The van der Waals surface area contributed by atoms with E-state index in [-0.39, 0.29) is 31.1 Å². The van der Waals surface area contributed by atoms with E-state index in [0.717, 1.165) is 72.4 Å². The molecule has 3 aromatic rings. The fourth-order valence-corrected chi connectivity index (χ4v) is 13.6. The normalized spacial score (nSPS) is 33.2. The third kappa shape index (κ3) is 6.13. The van der Waals surface area contributed by atoms with Crippen molar-refractivity contribution in [1.82, 2.24) is 20.1 Å². The van der Waals surface area contributed by atoms with E-state index < -0.39 is 46.1 Å². The number of alkyl halides is 1. The molecule has 2 aromatic carbocycles. The lowest BCUT2D eigenvalue weighted by atomic mass is 9.47. The molecule has 3 N–H and O–H groups in total. The van der Waals surface area contributed by atoms with Crippen molar-refractivity contribution in [2.24, 2.45) is 11.3 Å². The van der Waals surface area contributed by atoms with Crippen LogP contribution < -0.4 is 15.0 Å². The molecule has 62 heavy (non-hydrogen) atoms. The van der Waals surface area contributed by atoms with E-state index in [9.17, 15) is 14.7 Å². The van der Waals surface area contributed by atoms with E-state index in [1.807, 2.05) is 19.2 Å². The number of likely N-dealkylation sites (N-methyl/N-ethyl adjacent to an activating group) is 1. The van der Waals surface area contributed by atoms with Crippen LogP contribution in [0.2, 0.25) is 0 Å². The van der Waals surface area contributed by atoms with Gasteiger partial charge in [-0.25, -0.2) is 4.79 Å². The highest BCUT2D eigenvalue weighted by Crippen LogP contribution is 2.68. The number of hydrogen-bond donors (Lipinski definition) is 3. The Balaban J connectivity index is 1.33. The summed E-state index contributed by atoms with van der Waals surface area (Å²) in [7, 11) is 5.10. The zero-order valence-corrected chi connectivity index (χ0v) is 38.3. The highest BCUT2D eigenvalue weighted by Gasteiger charge is 2.78. The predicted octanol–water partition coefficient (Wildman–Crippen LogP) is 5.74. The first kappa shape index (κ1) is 42.9. The molecule has 1 saturated heterocycles. The lowest BCUT2D eigenvalue weighted by molar-refractivity contribution is -0.217. The summed E-state index contributed by atoms with van der Waals surface area (Å²) in [5.41, 5.74) is 2.00. The third-order valence-corrected chi connectivity index (χ3v) is 15.8.